The van der Waals surface area contributed by atoms with Crippen LogP contribution in [0.25, 0.3) is 0 Å². The molecule has 1 atom stereocenters. The highest BCUT2D eigenvalue weighted by molar-refractivity contribution is 8.15. The van der Waals surface area contributed by atoms with Gasteiger partial charge in [0.2, 0.25) is 5.91 Å². The van der Waals surface area contributed by atoms with Gasteiger partial charge in [0.25, 0.3) is 0 Å². The Balaban J connectivity index is 1.79. The Morgan fingerprint density at radius 2 is 2.00 bits per heavy atom. The van der Waals surface area contributed by atoms with Gasteiger partial charge in [0.05, 0.1) is 6.04 Å². The van der Waals surface area contributed by atoms with Crippen molar-refractivity contribution in [3.8, 4) is 0 Å². The Labute approximate surface area is 123 Å². The molecule has 1 N–H and O–H groups in total. The summed E-state index contributed by atoms with van der Waals surface area (Å²) in [7, 11) is 0. The van der Waals surface area contributed by atoms with E-state index in [1.54, 1.807) is 12.4 Å². The number of hydrogen-bond donors (Lipinski definition) is 1. The standard InChI is InChI=1S/C15H19N3OS/c1-15(11-7-9-16-10-8-11)13(19)18-14(20-15)17-12-5-3-2-4-6-12/h7-10,12H,2-6H2,1H3,(H,17,18,19). The summed E-state index contributed by atoms with van der Waals surface area (Å²) in [4.78, 5) is 21.1. The van der Waals surface area contributed by atoms with E-state index in [4.69, 9.17) is 4.99 Å². The lowest BCUT2D eigenvalue weighted by molar-refractivity contribution is -0.121. The van der Waals surface area contributed by atoms with Crippen molar-refractivity contribution in [3.63, 3.8) is 0 Å². The van der Waals surface area contributed by atoms with Crippen LogP contribution in [0.3, 0.4) is 0 Å². The van der Waals surface area contributed by atoms with Gasteiger partial charge in [0, 0.05) is 12.4 Å². The molecule has 1 aliphatic carbocycles. The number of carbonyl (C=O) groups is 1. The van der Waals surface area contributed by atoms with Crippen molar-refractivity contribution in [1.82, 2.24) is 10.3 Å². The van der Waals surface area contributed by atoms with Crippen LogP contribution >= 0.6 is 11.8 Å². The first-order valence-corrected chi connectivity index (χ1v) is 7.99. The Kier molecular flexibility index (Phi) is 3.78. The highest BCUT2D eigenvalue weighted by Crippen LogP contribution is 2.41. The summed E-state index contributed by atoms with van der Waals surface area (Å²) in [5.74, 6) is 0.0169. The molecule has 1 amide bonds. The topological polar surface area (TPSA) is 54.4 Å². The number of carbonyl (C=O) groups excluding carboxylic acids is 1. The quantitative estimate of drug-likeness (QED) is 0.911. The van der Waals surface area contributed by atoms with Gasteiger partial charge in [-0.05, 0) is 37.5 Å². The van der Waals surface area contributed by atoms with E-state index in [1.807, 2.05) is 19.1 Å². The van der Waals surface area contributed by atoms with Crippen molar-refractivity contribution in [2.45, 2.75) is 49.8 Å². The number of nitrogens with one attached hydrogen (secondary N) is 1. The molecule has 106 valence electrons. The average molecular weight is 289 g/mol. The fraction of sp³-hybridized carbons (Fsp3) is 0.533. The Morgan fingerprint density at radius 1 is 1.30 bits per heavy atom. The molecule has 0 spiro atoms. The average Bonchev–Trinajstić information content (AvgIpc) is 2.77. The van der Waals surface area contributed by atoms with Crippen molar-refractivity contribution in [3.05, 3.63) is 30.1 Å². The lowest BCUT2D eigenvalue weighted by atomic mass is 9.96. The van der Waals surface area contributed by atoms with Crippen LogP contribution in [0, 0.1) is 0 Å². The molecule has 1 saturated carbocycles. The summed E-state index contributed by atoms with van der Waals surface area (Å²) in [6.45, 7) is 1.95. The van der Waals surface area contributed by atoms with Gasteiger partial charge in [-0.3, -0.25) is 14.8 Å². The number of aliphatic imine (C=N–C) groups is 1. The number of aromatic nitrogens is 1. The largest absolute Gasteiger partial charge is 0.304 e. The molecule has 1 unspecified atom stereocenters. The SMILES string of the molecule is CC1(c2ccncc2)SC(=NC2CCCCC2)NC1=O. The second-order valence-corrected chi connectivity index (χ2v) is 6.96. The molecule has 0 bridgehead atoms. The zero-order chi connectivity index (χ0) is 14.0. The van der Waals surface area contributed by atoms with Crippen molar-refractivity contribution in [2.24, 2.45) is 4.99 Å². The molecule has 1 aromatic heterocycles. The summed E-state index contributed by atoms with van der Waals surface area (Å²) in [5.41, 5.74) is 0.976. The van der Waals surface area contributed by atoms with Gasteiger partial charge in [0.15, 0.2) is 5.17 Å². The molecule has 0 radical (unpaired) electrons. The van der Waals surface area contributed by atoms with E-state index >= 15 is 0 Å². The highest BCUT2D eigenvalue weighted by Gasteiger charge is 2.44. The summed E-state index contributed by atoms with van der Waals surface area (Å²) >= 11 is 1.53. The second-order valence-electron chi connectivity index (χ2n) is 5.55. The molecular weight excluding hydrogens is 270 g/mol. The predicted octanol–water partition coefficient (Wildman–Crippen LogP) is 2.85. The zero-order valence-electron chi connectivity index (χ0n) is 11.6. The third kappa shape index (κ3) is 2.59. The Morgan fingerprint density at radius 3 is 2.70 bits per heavy atom. The summed E-state index contributed by atoms with van der Waals surface area (Å²) in [5, 5.41) is 3.72. The van der Waals surface area contributed by atoms with Crippen LogP contribution in [-0.2, 0) is 9.54 Å². The monoisotopic (exact) mass is 289 g/mol. The normalized spacial score (nSPS) is 29.6. The highest BCUT2D eigenvalue weighted by atomic mass is 32.2. The minimum atomic E-state index is -0.587. The lowest BCUT2D eigenvalue weighted by Gasteiger charge is -2.19. The first kappa shape index (κ1) is 13.6. The van der Waals surface area contributed by atoms with E-state index in [0.29, 0.717) is 6.04 Å². The van der Waals surface area contributed by atoms with Crippen molar-refractivity contribution < 1.29 is 4.79 Å². The third-order valence-corrected chi connectivity index (χ3v) is 5.29. The molecule has 4 nitrogen and oxygen atoms in total. The minimum Gasteiger partial charge on any atom is -0.304 e. The van der Waals surface area contributed by atoms with E-state index in [9.17, 15) is 4.79 Å². The lowest BCUT2D eigenvalue weighted by Crippen LogP contribution is -2.32. The number of thioether (sulfide) groups is 1. The maximum Gasteiger partial charge on any atom is 0.246 e. The van der Waals surface area contributed by atoms with E-state index in [1.165, 1.54) is 31.0 Å². The van der Waals surface area contributed by atoms with Crippen LogP contribution in [0.4, 0.5) is 0 Å². The van der Waals surface area contributed by atoms with E-state index < -0.39 is 4.75 Å². The van der Waals surface area contributed by atoms with E-state index in [2.05, 4.69) is 10.3 Å². The molecule has 3 rings (SSSR count). The van der Waals surface area contributed by atoms with Crippen LogP contribution < -0.4 is 5.32 Å². The maximum absolute atomic E-state index is 12.3. The molecule has 20 heavy (non-hydrogen) atoms. The van der Waals surface area contributed by atoms with Gasteiger partial charge >= 0.3 is 0 Å². The van der Waals surface area contributed by atoms with Gasteiger partial charge in [-0.2, -0.15) is 0 Å². The van der Waals surface area contributed by atoms with Crippen molar-refractivity contribution in [1.29, 1.82) is 0 Å². The molecule has 2 heterocycles. The van der Waals surface area contributed by atoms with Crippen LogP contribution in [0.1, 0.15) is 44.6 Å². The van der Waals surface area contributed by atoms with Gasteiger partial charge in [0.1, 0.15) is 4.75 Å². The van der Waals surface area contributed by atoms with E-state index in [0.717, 1.165) is 23.6 Å². The van der Waals surface area contributed by atoms with Crippen LogP contribution in [0.5, 0.6) is 0 Å². The van der Waals surface area contributed by atoms with Gasteiger partial charge in [-0.25, -0.2) is 0 Å². The molecule has 5 heteroatoms. The Hall–Kier alpha value is -1.36. The smallest absolute Gasteiger partial charge is 0.246 e. The number of pyridine rings is 1. The minimum absolute atomic E-state index is 0.0169. The molecule has 2 fully saturated rings. The Bertz CT molecular complexity index is 525. The predicted molar refractivity (Wildman–Crippen MR) is 81.6 cm³/mol. The first-order chi connectivity index (χ1) is 9.68. The fourth-order valence-electron chi connectivity index (χ4n) is 2.78. The van der Waals surface area contributed by atoms with Gasteiger partial charge < -0.3 is 5.32 Å². The van der Waals surface area contributed by atoms with Crippen LogP contribution in [0.15, 0.2) is 29.5 Å². The molecule has 1 aliphatic heterocycles. The first-order valence-electron chi connectivity index (χ1n) is 7.17. The summed E-state index contributed by atoms with van der Waals surface area (Å²) in [6, 6.07) is 4.18. The summed E-state index contributed by atoms with van der Waals surface area (Å²) in [6.07, 6.45) is 9.56. The molecule has 1 aromatic rings. The molecular formula is C15H19N3OS. The van der Waals surface area contributed by atoms with Crippen molar-refractivity contribution >= 4 is 22.8 Å². The molecule has 0 aromatic carbocycles. The second kappa shape index (κ2) is 5.56. The van der Waals surface area contributed by atoms with Gasteiger partial charge in [-0.1, -0.05) is 31.0 Å². The maximum atomic E-state index is 12.3. The molecule has 2 aliphatic rings. The number of amidine groups is 1. The van der Waals surface area contributed by atoms with E-state index in [-0.39, 0.29) is 5.91 Å². The number of rotatable bonds is 2. The number of hydrogen-bond acceptors (Lipinski definition) is 4. The zero-order valence-corrected chi connectivity index (χ0v) is 12.4. The van der Waals surface area contributed by atoms with Crippen LogP contribution in [0.2, 0.25) is 0 Å². The third-order valence-electron chi connectivity index (χ3n) is 4.06. The number of amides is 1. The van der Waals surface area contributed by atoms with Gasteiger partial charge in [-0.15, -0.1) is 0 Å². The fourth-order valence-corrected chi connectivity index (χ4v) is 3.91. The summed E-state index contributed by atoms with van der Waals surface area (Å²) < 4.78 is -0.587. The van der Waals surface area contributed by atoms with Crippen LogP contribution in [-0.4, -0.2) is 22.1 Å². The molecule has 1 saturated heterocycles. The van der Waals surface area contributed by atoms with Crippen molar-refractivity contribution in [2.75, 3.05) is 0 Å². The number of nitrogens with zero attached hydrogens (tertiary/aromatic N) is 2.